The van der Waals surface area contributed by atoms with Crippen LogP contribution in [-0.4, -0.2) is 83.1 Å². The molecule has 1 fully saturated rings. The van der Waals surface area contributed by atoms with E-state index in [4.69, 9.17) is 4.74 Å². The van der Waals surface area contributed by atoms with E-state index in [0.717, 1.165) is 9.87 Å². The van der Waals surface area contributed by atoms with Gasteiger partial charge in [0.2, 0.25) is 26.0 Å². The molecule has 0 saturated carbocycles. The zero-order valence-electron chi connectivity index (χ0n) is 18.3. The van der Waals surface area contributed by atoms with Gasteiger partial charge in [-0.05, 0) is 43.3 Å². The number of hydrogen-bond acceptors (Lipinski definition) is 6. The first kappa shape index (κ1) is 24.2. The van der Waals surface area contributed by atoms with Crippen LogP contribution in [-0.2, 0) is 24.8 Å². The van der Waals surface area contributed by atoms with Gasteiger partial charge in [0.15, 0.2) is 0 Å². The molecule has 11 heteroatoms. The molecule has 174 valence electrons. The minimum Gasteiger partial charge on any atom is -0.497 e. The van der Waals surface area contributed by atoms with E-state index in [2.05, 4.69) is 0 Å². The minimum absolute atomic E-state index is 0.0580. The third kappa shape index (κ3) is 5.12. The van der Waals surface area contributed by atoms with E-state index in [1.165, 1.54) is 47.6 Å². The fourth-order valence-electron chi connectivity index (χ4n) is 3.34. The summed E-state index contributed by atoms with van der Waals surface area (Å²) in [7, 11) is -4.66. The zero-order valence-corrected chi connectivity index (χ0v) is 19.9. The van der Waals surface area contributed by atoms with Gasteiger partial charge >= 0.3 is 0 Å². The molecule has 9 nitrogen and oxygen atoms in total. The second-order valence-corrected chi connectivity index (χ2v) is 11.5. The Kier molecular flexibility index (Phi) is 7.23. The van der Waals surface area contributed by atoms with Crippen molar-refractivity contribution in [3.8, 4) is 5.75 Å². The second-order valence-electron chi connectivity index (χ2n) is 7.53. The number of carbonyl (C=O) groups excluding carboxylic acids is 1. The molecule has 0 atom stereocenters. The first-order valence-electron chi connectivity index (χ1n) is 10.0. The Labute approximate surface area is 189 Å². The van der Waals surface area contributed by atoms with Crippen LogP contribution >= 0.6 is 0 Å². The molecule has 3 rings (SSSR count). The Morgan fingerprint density at radius 3 is 1.97 bits per heavy atom. The molecule has 1 aliphatic rings. The Morgan fingerprint density at radius 2 is 1.44 bits per heavy atom. The van der Waals surface area contributed by atoms with Gasteiger partial charge in [-0.15, -0.1) is 0 Å². The predicted octanol–water partition coefficient (Wildman–Crippen LogP) is 1.16. The van der Waals surface area contributed by atoms with Crippen LogP contribution in [0.4, 0.5) is 0 Å². The third-order valence-corrected chi connectivity index (χ3v) is 9.11. The molecule has 1 heterocycles. The molecule has 1 saturated heterocycles. The van der Waals surface area contributed by atoms with Crippen molar-refractivity contribution in [2.45, 2.75) is 16.7 Å². The van der Waals surface area contributed by atoms with Gasteiger partial charge in [-0.2, -0.15) is 8.61 Å². The van der Waals surface area contributed by atoms with Crippen LogP contribution in [0.5, 0.6) is 5.75 Å². The highest BCUT2D eigenvalue weighted by molar-refractivity contribution is 7.89. The summed E-state index contributed by atoms with van der Waals surface area (Å²) in [6, 6.07) is 12.5. The number of amides is 1. The average molecular weight is 482 g/mol. The number of carbonyl (C=O) groups is 1. The van der Waals surface area contributed by atoms with Gasteiger partial charge in [0.25, 0.3) is 0 Å². The largest absolute Gasteiger partial charge is 0.497 e. The molecule has 0 bridgehead atoms. The van der Waals surface area contributed by atoms with Crippen LogP contribution in [0.2, 0.25) is 0 Å². The van der Waals surface area contributed by atoms with Crippen LogP contribution in [0.25, 0.3) is 0 Å². The fraction of sp³-hybridized carbons (Fsp3) is 0.381. The maximum absolute atomic E-state index is 12.8. The molecule has 1 aliphatic heterocycles. The Hall–Kier alpha value is -2.47. The number of hydrogen-bond donors (Lipinski definition) is 0. The van der Waals surface area contributed by atoms with Crippen molar-refractivity contribution in [2.24, 2.45) is 0 Å². The smallest absolute Gasteiger partial charge is 0.243 e. The van der Waals surface area contributed by atoms with Crippen LogP contribution in [0.15, 0.2) is 58.3 Å². The standard InChI is InChI=1S/C21H27N3O6S2/c1-17-4-8-20(9-5-17)32(28,29)24-14-12-23(13-15-24)21(25)16-22(2)31(26,27)19-10-6-18(30-3)7-11-19/h4-11H,12-16H2,1-3H3. The number of rotatable bonds is 7. The predicted molar refractivity (Wildman–Crippen MR) is 119 cm³/mol. The second kappa shape index (κ2) is 9.57. The highest BCUT2D eigenvalue weighted by Gasteiger charge is 2.31. The first-order valence-corrected chi connectivity index (χ1v) is 12.9. The van der Waals surface area contributed by atoms with Gasteiger partial charge in [-0.1, -0.05) is 17.7 Å². The van der Waals surface area contributed by atoms with Crippen LogP contribution < -0.4 is 4.74 Å². The topological polar surface area (TPSA) is 104 Å². The summed E-state index contributed by atoms with van der Waals surface area (Å²) >= 11 is 0. The van der Waals surface area contributed by atoms with Crippen molar-refractivity contribution in [1.29, 1.82) is 0 Å². The van der Waals surface area contributed by atoms with Crippen molar-refractivity contribution in [2.75, 3.05) is 46.9 Å². The van der Waals surface area contributed by atoms with Gasteiger partial charge < -0.3 is 9.64 Å². The molecule has 0 unspecified atom stereocenters. The third-order valence-electron chi connectivity index (χ3n) is 5.38. The van der Waals surface area contributed by atoms with E-state index in [1.807, 2.05) is 6.92 Å². The maximum atomic E-state index is 12.8. The number of piperazine rings is 1. The Bertz CT molecular complexity index is 1160. The quantitative estimate of drug-likeness (QED) is 0.588. The Morgan fingerprint density at radius 1 is 0.906 bits per heavy atom. The number of ether oxygens (including phenoxy) is 1. The summed E-state index contributed by atoms with van der Waals surface area (Å²) in [6.07, 6.45) is 0. The lowest BCUT2D eigenvalue weighted by Crippen LogP contribution is -2.52. The van der Waals surface area contributed by atoms with E-state index in [-0.39, 0.29) is 48.4 Å². The molecule has 2 aromatic rings. The van der Waals surface area contributed by atoms with Crippen LogP contribution in [0.3, 0.4) is 0 Å². The van der Waals surface area contributed by atoms with E-state index in [0.29, 0.717) is 5.75 Å². The molecule has 0 aromatic heterocycles. The van der Waals surface area contributed by atoms with Crippen LogP contribution in [0.1, 0.15) is 5.56 Å². The van der Waals surface area contributed by atoms with Gasteiger partial charge in [0.05, 0.1) is 23.4 Å². The van der Waals surface area contributed by atoms with Crippen molar-refractivity contribution in [1.82, 2.24) is 13.5 Å². The fourth-order valence-corrected chi connectivity index (χ4v) is 5.88. The summed E-state index contributed by atoms with van der Waals surface area (Å²) in [6.45, 7) is 2.24. The summed E-state index contributed by atoms with van der Waals surface area (Å²) in [5.74, 6) is 0.151. The normalized spacial score (nSPS) is 15.7. The summed E-state index contributed by atoms with van der Waals surface area (Å²) in [5, 5.41) is 0. The molecule has 1 amide bonds. The lowest BCUT2D eigenvalue weighted by molar-refractivity contribution is -0.132. The summed E-state index contributed by atoms with van der Waals surface area (Å²) < 4.78 is 58.5. The van der Waals surface area contributed by atoms with Gasteiger partial charge in [-0.25, -0.2) is 16.8 Å². The van der Waals surface area contributed by atoms with E-state index in [1.54, 1.807) is 24.3 Å². The molecular weight excluding hydrogens is 454 g/mol. The molecule has 0 N–H and O–H groups in total. The first-order chi connectivity index (χ1) is 15.1. The minimum atomic E-state index is -3.85. The van der Waals surface area contributed by atoms with Crippen LogP contribution in [0, 0.1) is 6.92 Å². The molecule has 2 aromatic carbocycles. The number of likely N-dealkylation sites (N-methyl/N-ethyl adjacent to an activating group) is 1. The van der Waals surface area contributed by atoms with Crippen molar-refractivity contribution >= 4 is 26.0 Å². The zero-order chi connectivity index (χ0) is 23.5. The summed E-state index contributed by atoms with van der Waals surface area (Å²) in [4.78, 5) is 14.4. The van der Waals surface area contributed by atoms with Crippen molar-refractivity contribution in [3.63, 3.8) is 0 Å². The molecule has 0 aliphatic carbocycles. The lowest BCUT2D eigenvalue weighted by atomic mass is 10.2. The number of nitrogens with zero attached hydrogens (tertiary/aromatic N) is 3. The summed E-state index contributed by atoms with van der Waals surface area (Å²) in [5.41, 5.74) is 0.966. The van der Waals surface area contributed by atoms with E-state index in [9.17, 15) is 21.6 Å². The molecular formula is C21H27N3O6S2. The monoisotopic (exact) mass is 481 g/mol. The Balaban J connectivity index is 1.60. The lowest BCUT2D eigenvalue weighted by Gasteiger charge is -2.34. The number of sulfonamides is 2. The van der Waals surface area contributed by atoms with Crippen molar-refractivity contribution < 1.29 is 26.4 Å². The van der Waals surface area contributed by atoms with Gasteiger partial charge in [0, 0.05) is 33.2 Å². The number of methoxy groups -OCH3 is 1. The van der Waals surface area contributed by atoms with Gasteiger partial charge in [0.1, 0.15) is 5.75 Å². The maximum Gasteiger partial charge on any atom is 0.243 e. The number of aryl methyl sites for hydroxylation is 1. The number of benzene rings is 2. The molecule has 32 heavy (non-hydrogen) atoms. The van der Waals surface area contributed by atoms with E-state index < -0.39 is 20.0 Å². The van der Waals surface area contributed by atoms with E-state index >= 15 is 0 Å². The molecule has 0 radical (unpaired) electrons. The SMILES string of the molecule is COc1ccc(S(=O)(=O)N(C)CC(=O)N2CCN(S(=O)(=O)c3ccc(C)cc3)CC2)cc1. The van der Waals surface area contributed by atoms with Gasteiger partial charge in [-0.3, -0.25) is 4.79 Å². The highest BCUT2D eigenvalue weighted by atomic mass is 32.2. The molecule has 0 spiro atoms. The average Bonchev–Trinajstić information content (AvgIpc) is 2.79. The highest BCUT2D eigenvalue weighted by Crippen LogP contribution is 2.20. The van der Waals surface area contributed by atoms with Crippen molar-refractivity contribution in [3.05, 3.63) is 54.1 Å².